The molecule has 1 atom stereocenters. The minimum absolute atomic E-state index is 0.0437. The number of carboxylic acid groups (broad SMARTS) is 1. The van der Waals surface area contributed by atoms with E-state index in [0.29, 0.717) is 12.5 Å². The van der Waals surface area contributed by atoms with Gasteiger partial charge in [-0.3, -0.25) is 9.59 Å². The molecule has 0 unspecified atom stereocenters. The van der Waals surface area contributed by atoms with Crippen molar-refractivity contribution in [1.82, 2.24) is 5.32 Å². The van der Waals surface area contributed by atoms with Crippen LogP contribution in [0, 0.1) is 17.8 Å². The maximum absolute atomic E-state index is 12.2. The van der Waals surface area contributed by atoms with Gasteiger partial charge in [0.2, 0.25) is 5.91 Å². The molecule has 1 saturated carbocycles. The molecule has 1 fully saturated rings. The summed E-state index contributed by atoms with van der Waals surface area (Å²) >= 11 is 0. The quantitative estimate of drug-likeness (QED) is 0.705. The van der Waals surface area contributed by atoms with Crippen molar-refractivity contribution in [2.45, 2.75) is 65.2 Å². The molecule has 0 aliphatic heterocycles. The van der Waals surface area contributed by atoms with Crippen LogP contribution in [0.4, 0.5) is 0 Å². The third-order valence-corrected chi connectivity index (χ3v) is 4.06. The molecule has 0 spiro atoms. The largest absolute Gasteiger partial charge is 0.481 e. The highest BCUT2D eigenvalue weighted by molar-refractivity contribution is 5.78. The van der Waals surface area contributed by atoms with Crippen LogP contribution in [-0.2, 0) is 9.59 Å². The Labute approximate surface area is 122 Å². The van der Waals surface area contributed by atoms with Gasteiger partial charge in [-0.15, -0.1) is 0 Å². The third-order valence-electron chi connectivity index (χ3n) is 4.06. The lowest BCUT2D eigenvalue weighted by Gasteiger charge is -2.20. The topological polar surface area (TPSA) is 66.4 Å². The molecule has 1 rings (SSSR count). The molecule has 1 aliphatic carbocycles. The van der Waals surface area contributed by atoms with E-state index in [1.165, 1.54) is 12.8 Å². The predicted molar refractivity (Wildman–Crippen MR) is 79.4 cm³/mol. The van der Waals surface area contributed by atoms with Gasteiger partial charge >= 0.3 is 5.97 Å². The lowest BCUT2D eigenvalue weighted by atomic mass is 9.93. The number of nitrogens with one attached hydrogen (secondary N) is 1. The lowest BCUT2D eigenvalue weighted by molar-refractivity contribution is -0.138. The van der Waals surface area contributed by atoms with Crippen molar-refractivity contribution < 1.29 is 14.7 Å². The molecule has 1 amide bonds. The molecule has 116 valence electrons. The van der Waals surface area contributed by atoms with Crippen LogP contribution >= 0.6 is 0 Å². The van der Waals surface area contributed by atoms with Crippen molar-refractivity contribution in [3.05, 3.63) is 0 Å². The van der Waals surface area contributed by atoms with E-state index in [1.807, 2.05) is 0 Å². The van der Waals surface area contributed by atoms with Crippen LogP contribution in [0.15, 0.2) is 0 Å². The van der Waals surface area contributed by atoms with Crippen LogP contribution in [0.5, 0.6) is 0 Å². The highest BCUT2D eigenvalue weighted by Crippen LogP contribution is 2.23. The fourth-order valence-electron chi connectivity index (χ4n) is 3.08. The Hall–Kier alpha value is -1.06. The van der Waals surface area contributed by atoms with Gasteiger partial charge in [0, 0.05) is 18.9 Å². The normalized spacial score (nSPS) is 18.6. The Bertz CT molecular complexity index is 307. The monoisotopic (exact) mass is 283 g/mol. The summed E-state index contributed by atoms with van der Waals surface area (Å²) in [6, 6.07) is 0. The summed E-state index contributed by atoms with van der Waals surface area (Å²) in [7, 11) is 0. The van der Waals surface area contributed by atoms with Crippen LogP contribution in [0.25, 0.3) is 0 Å². The Balaban J connectivity index is 2.39. The zero-order valence-corrected chi connectivity index (χ0v) is 12.9. The fourth-order valence-corrected chi connectivity index (χ4v) is 3.08. The highest BCUT2D eigenvalue weighted by atomic mass is 16.4. The Kier molecular flexibility index (Phi) is 7.63. The molecule has 0 radical (unpaired) electrons. The van der Waals surface area contributed by atoms with Gasteiger partial charge in [0.25, 0.3) is 0 Å². The number of carbonyl (C=O) groups excluding carboxylic acids is 1. The number of rotatable bonds is 7. The molecule has 2 N–H and O–H groups in total. The van der Waals surface area contributed by atoms with Gasteiger partial charge < -0.3 is 10.4 Å². The second-order valence-electron chi connectivity index (χ2n) is 6.53. The summed E-state index contributed by atoms with van der Waals surface area (Å²) in [4.78, 5) is 23.0. The van der Waals surface area contributed by atoms with Gasteiger partial charge in [-0.05, 0) is 31.1 Å². The van der Waals surface area contributed by atoms with Crippen LogP contribution in [0.1, 0.15) is 65.2 Å². The molecule has 4 nitrogen and oxygen atoms in total. The van der Waals surface area contributed by atoms with E-state index in [4.69, 9.17) is 5.11 Å². The number of hydrogen-bond acceptors (Lipinski definition) is 2. The minimum atomic E-state index is -0.778. The van der Waals surface area contributed by atoms with Crippen LogP contribution in [0.2, 0.25) is 0 Å². The van der Waals surface area contributed by atoms with E-state index in [0.717, 1.165) is 32.1 Å². The molecule has 0 saturated heterocycles. The molecule has 0 aromatic carbocycles. The molecular formula is C16H29NO3. The molecule has 4 heteroatoms. The summed E-state index contributed by atoms with van der Waals surface area (Å²) in [6.45, 7) is 4.67. The second-order valence-corrected chi connectivity index (χ2v) is 6.53. The van der Waals surface area contributed by atoms with E-state index in [1.54, 1.807) is 0 Å². The Morgan fingerprint density at radius 1 is 1.15 bits per heavy atom. The van der Waals surface area contributed by atoms with Gasteiger partial charge in [-0.2, -0.15) is 0 Å². The van der Waals surface area contributed by atoms with Crippen molar-refractivity contribution in [3.8, 4) is 0 Å². The second kappa shape index (κ2) is 8.98. The van der Waals surface area contributed by atoms with Gasteiger partial charge in [0.1, 0.15) is 0 Å². The SMILES string of the molecule is CC(C)C[C@H](CNC(=O)C1CCCCCC1)CC(=O)O. The maximum atomic E-state index is 12.2. The fraction of sp³-hybridized carbons (Fsp3) is 0.875. The van der Waals surface area contributed by atoms with E-state index in [2.05, 4.69) is 19.2 Å². The summed E-state index contributed by atoms with van der Waals surface area (Å²) < 4.78 is 0. The van der Waals surface area contributed by atoms with Crippen LogP contribution < -0.4 is 5.32 Å². The number of carboxylic acids is 1. The first-order valence-electron chi connectivity index (χ1n) is 7.98. The smallest absolute Gasteiger partial charge is 0.303 e. The van der Waals surface area contributed by atoms with Gasteiger partial charge in [-0.25, -0.2) is 0 Å². The first kappa shape index (κ1) is 17.0. The van der Waals surface area contributed by atoms with Gasteiger partial charge in [0.15, 0.2) is 0 Å². The lowest BCUT2D eigenvalue weighted by Crippen LogP contribution is -2.35. The summed E-state index contributed by atoms with van der Waals surface area (Å²) in [5, 5.41) is 11.9. The Morgan fingerprint density at radius 3 is 2.25 bits per heavy atom. The van der Waals surface area contributed by atoms with E-state index < -0.39 is 5.97 Å². The number of hydrogen-bond donors (Lipinski definition) is 2. The molecule has 0 aromatic heterocycles. The average molecular weight is 283 g/mol. The van der Waals surface area contributed by atoms with Crippen LogP contribution in [0.3, 0.4) is 0 Å². The molecule has 20 heavy (non-hydrogen) atoms. The first-order valence-corrected chi connectivity index (χ1v) is 7.98. The zero-order chi connectivity index (χ0) is 15.0. The van der Waals surface area contributed by atoms with Crippen molar-refractivity contribution in [2.75, 3.05) is 6.54 Å². The molecule has 0 bridgehead atoms. The van der Waals surface area contributed by atoms with Crippen LogP contribution in [-0.4, -0.2) is 23.5 Å². The molecule has 0 aromatic rings. The summed E-state index contributed by atoms with van der Waals surface area (Å²) in [5.41, 5.74) is 0. The van der Waals surface area contributed by atoms with Crippen molar-refractivity contribution in [3.63, 3.8) is 0 Å². The summed E-state index contributed by atoms with van der Waals surface area (Å²) in [6.07, 6.45) is 7.71. The van der Waals surface area contributed by atoms with Crippen molar-refractivity contribution >= 4 is 11.9 Å². The predicted octanol–water partition coefficient (Wildman–Crippen LogP) is 3.21. The highest BCUT2D eigenvalue weighted by Gasteiger charge is 2.22. The molecule has 1 aliphatic rings. The van der Waals surface area contributed by atoms with E-state index >= 15 is 0 Å². The average Bonchev–Trinajstić information content (AvgIpc) is 2.63. The van der Waals surface area contributed by atoms with E-state index in [9.17, 15) is 9.59 Å². The molecular weight excluding hydrogens is 254 g/mol. The first-order chi connectivity index (χ1) is 9.49. The number of amides is 1. The maximum Gasteiger partial charge on any atom is 0.303 e. The minimum Gasteiger partial charge on any atom is -0.481 e. The Morgan fingerprint density at radius 2 is 1.75 bits per heavy atom. The standard InChI is InChI=1S/C16H29NO3/c1-12(2)9-13(10-15(18)19)11-17-16(20)14-7-5-3-4-6-8-14/h12-14H,3-11H2,1-2H3,(H,17,20)(H,18,19)/t13-/m0/s1. The van der Waals surface area contributed by atoms with Crippen molar-refractivity contribution in [1.29, 1.82) is 0 Å². The van der Waals surface area contributed by atoms with E-state index in [-0.39, 0.29) is 24.2 Å². The summed E-state index contributed by atoms with van der Waals surface area (Å²) in [5.74, 6) is -0.0104. The number of aliphatic carboxylic acids is 1. The van der Waals surface area contributed by atoms with Gasteiger partial charge in [0.05, 0.1) is 0 Å². The number of carbonyl (C=O) groups is 2. The van der Waals surface area contributed by atoms with Gasteiger partial charge in [-0.1, -0.05) is 39.5 Å². The zero-order valence-electron chi connectivity index (χ0n) is 12.9. The van der Waals surface area contributed by atoms with Crippen molar-refractivity contribution in [2.24, 2.45) is 17.8 Å². The third kappa shape index (κ3) is 6.92. The molecule has 0 heterocycles.